The van der Waals surface area contributed by atoms with Gasteiger partial charge in [-0.2, -0.15) is 0 Å². The van der Waals surface area contributed by atoms with E-state index in [2.05, 4.69) is 0 Å². The number of nitrogen functional groups attached to an aromatic ring is 1. The van der Waals surface area contributed by atoms with Crippen molar-refractivity contribution in [2.75, 3.05) is 5.73 Å². The van der Waals surface area contributed by atoms with E-state index in [1.165, 1.54) is 10.6 Å². The topological polar surface area (TPSA) is 48.0 Å². The van der Waals surface area contributed by atoms with Gasteiger partial charge in [-0.1, -0.05) is 59.1 Å². The third-order valence-corrected chi connectivity index (χ3v) is 5.30. The predicted molar refractivity (Wildman–Crippen MR) is 114 cm³/mol. The quantitative estimate of drug-likeness (QED) is 0.396. The van der Waals surface area contributed by atoms with E-state index in [9.17, 15) is 4.79 Å². The second-order valence-electron chi connectivity index (χ2n) is 6.06. The molecule has 0 fully saturated rings. The van der Waals surface area contributed by atoms with Gasteiger partial charge < -0.3 is 5.73 Å². The van der Waals surface area contributed by atoms with Gasteiger partial charge >= 0.3 is 0 Å². The fourth-order valence-electron chi connectivity index (χ4n) is 3.20. The first-order valence-corrected chi connectivity index (χ1v) is 9.25. The zero-order valence-corrected chi connectivity index (χ0v) is 16.2. The zero-order valence-electron chi connectivity index (χ0n) is 13.9. The molecule has 4 rings (SSSR count). The lowest BCUT2D eigenvalue weighted by Crippen LogP contribution is -2.18. The third kappa shape index (κ3) is 3.08. The van der Waals surface area contributed by atoms with E-state index in [0.29, 0.717) is 32.0 Å². The molecular formula is C21H13Cl3N2O. The van der Waals surface area contributed by atoms with Gasteiger partial charge in [-0.3, -0.25) is 9.36 Å². The van der Waals surface area contributed by atoms with Crippen molar-refractivity contribution in [2.45, 2.75) is 0 Å². The number of hydrogen-bond donors (Lipinski definition) is 1. The minimum Gasteiger partial charge on any atom is -0.399 e. The first-order chi connectivity index (χ1) is 13.0. The van der Waals surface area contributed by atoms with Crippen molar-refractivity contribution in [3.63, 3.8) is 0 Å². The summed E-state index contributed by atoms with van der Waals surface area (Å²) in [6, 6.07) is 19.4. The summed E-state index contributed by atoms with van der Waals surface area (Å²) in [6.45, 7) is 0. The molecule has 1 aromatic heterocycles. The van der Waals surface area contributed by atoms with Gasteiger partial charge in [0.1, 0.15) is 0 Å². The Bertz CT molecular complexity index is 1230. The van der Waals surface area contributed by atoms with Gasteiger partial charge in [0.15, 0.2) is 0 Å². The molecule has 0 atom stereocenters. The first kappa shape index (κ1) is 17.9. The van der Waals surface area contributed by atoms with Gasteiger partial charge in [0.2, 0.25) is 0 Å². The van der Waals surface area contributed by atoms with Gasteiger partial charge in [0.25, 0.3) is 5.56 Å². The molecule has 2 N–H and O–H groups in total. The summed E-state index contributed by atoms with van der Waals surface area (Å²) in [6.07, 6.45) is 0. The molecule has 3 aromatic carbocycles. The first-order valence-electron chi connectivity index (χ1n) is 8.12. The van der Waals surface area contributed by atoms with Crippen LogP contribution in [0.15, 0.2) is 71.5 Å². The van der Waals surface area contributed by atoms with E-state index in [4.69, 9.17) is 40.5 Å². The highest BCUT2D eigenvalue weighted by molar-refractivity contribution is 6.38. The van der Waals surface area contributed by atoms with Crippen LogP contribution >= 0.6 is 34.8 Å². The molecule has 0 bridgehead atoms. The summed E-state index contributed by atoms with van der Waals surface area (Å²) in [5, 5.41) is 2.16. The summed E-state index contributed by atoms with van der Waals surface area (Å²) in [5.74, 6) is 0. The van der Waals surface area contributed by atoms with Crippen LogP contribution in [0.3, 0.4) is 0 Å². The second kappa shape index (κ2) is 6.93. The SMILES string of the molecule is Nc1cc(-c2ccccc2Cl)c2ccc(=O)n(-c3c(Cl)cccc3Cl)c2c1. The Kier molecular flexibility index (Phi) is 4.60. The van der Waals surface area contributed by atoms with E-state index in [0.717, 1.165) is 16.5 Å². The standard InChI is InChI=1S/C21H13Cl3N2O/c22-16-5-2-1-4-13(16)15-10-12(25)11-19-14(15)8-9-20(27)26(19)21-17(23)6-3-7-18(21)24/h1-11H,25H2. The van der Waals surface area contributed by atoms with Gasteiger partial charge in [0, 0.05) is 27.7 Å². The number of pyridine rings is 1. The van der Waals surface area contributed by atoms with E-state index >= 15 is 0 Å². The lowest BCUT2D eigenvalue weighted by atomic mass is 9.99. The largest absolute Gasteiger partial charge is 0.399 e. The number of halogens is 3. The molecule has 4 aromatic rings. The maximum absolute atomic E-state index is 12.7. The minimum absolute atomic E-state index is 0.256. The highest BCUT2D eigenvalue weighted by atomic mass is 35.5. The van der Waals surface area contributed by atoms with Crippen molar-refractivity contribution in [1.29, 1.82) is 0 Å². The fourth-order valence-corrected chi connectivity index (χ4v) is 4.01. The molecule has 1 heterocycles. The van der Waals surface area contributed by atoms with Crippen LogP contribution in [0.25, 0.3) is 27.7 Å². The third-order valence-electron chi connectivity index (χ3n) is 4.36. The average Bonchev–Trinajstić information content (AvgIpc) is 2.63. The number of benzene rings is 3. The Labute approximate surface area is 170 Å². The van der Waals surface area contributed by atoms with Gasteiger partial charge in [-0.25, -0.2) is 0 Å². The monoisotopic (exact) mass is 414 g/mol. The number of hydrogen-bond acceptors (Lipinski definition) is 2. The second-order valence-corrected chi connectivity index (χ2v) is 7.28. The molecule has 0 saturated heterocycles. The molecule has 0 unspecified atom stereocenters. The molecule has 0 aliphatic carbocycles. The molecule has 0 amide bonds. The van der Waals surface area contributed by atoms with Crippen LogP contribution in [0.1, 0.15) is 0 Å². The Balaban J connectivity index is 2.16. The Hall–Kier alpha value is -2.46. The highest BCUT2D eigenvalue weighted by Crippen LogP contribution is 2.37. The number of anilines is 1. The van der Waals surface area contributed by atoms with Crippen molar-refractivity contribution < 1.29 is 0 Å². The smallest absolute Gasteiger partial charge is 0.255 e. The summed E-state index contributed by atoms with van der Waals surface area (Å²) in [7, 11) is 0. The maximum atomic E-state index is 12.7. The Morgan fingerprint density at radius 3 is 2.11 bits per heavy atom. The van der Waals surface area contributed by atoms with Crippen LogP contribution in [0.5, 0.6) is 0 Å². The predicted octanol–water partition coefficient (Wildman–Crippen LogP) is 6.20. The molecule has 6 heteroatoms. The van der Waals surface area contributed by atoms with Crippen LogP contribution in [-0.4, -0.2) is 4.57 Å². The van der Waals surface area contributed by atoms with Gasteiger partial charge in [-0.15, -0.1) is 0 Å². The molecule has 0 aliphatic heterocycles. The number of para-hydroxylation sites is 1. The molecule has 134 valence electrons. The number of aromatic nitrogens is 1. The van der Waals surface area contributed by atoms with E-state index in [1.807, 2.05) is 30.3 Å². The zero-order chi connectivity index (χ0) is 19.1. The number of rotatable bonds is 2. The highest BCUT2D eigenvalue weighted by Gasteiger charge is 2.16. The molecule has 27 heavy (non-hydrogen) atoms. The number of nitrogens with two attached hydrogens (primary N) is 1. The van der Waals surface area contributed by atoms with Crippen molar-refractivity contribution in [3.05, 3.63) is 92.2 Å². The van der Waals surface area contributed by atoms with Crippen molar-refractivity contribution in [1.82, 2.24) is 4.57 Å². The van der Waals surface area contributed by atoms with E-state index in [1.54, 1.807) is 30.3 Å². The number of fused-ring (bicyclic) bond motifs is 1. The van der Waals surface area contributed by atoms with Crippen molar-refractivity contribution >= 4 is 51.4 Å². The van der Waals surface area contributed by atoms with Crippen LogP contribution in [0.4, 0.5) is 5.69 Å². The minimum atomic E-state index is -0.256. The van der Waals surface area contributed by atoms with Crippen LogP contribution in [0, 0.1) is 0 Å². The fraction of sp³-hybridized carbons (Fsp3) is 0. The molecule has 3 nitrogen and oxygen atoms in total. The normalized spacial score (nSPS) is 11.1. The average molecular weight is 416 g/mol. The van der Waals surface area contributed by atoms with Gasteiger partial charge in [-0.05, 0) is 42.0 Å². The Morgan fingerprint density at radius 1 is 0.741 bits per heavy atom. The van der Waals surface area contributed by atoms with Crippen LogP contribution in [0.2, 0.25) is 15.1 Å². The molecule has 0 saturated carbocycles. The van der Waals surface area contributed by atoms with E-state index < -0.39 is 0 Å². The summed E-state index contributed by atoms with van der Waals surface area (Å²) >= 11 is 19.1. The summed E-state index contributed by atoms with van der Waals surface area (Å²) < 4.78 is 1.48. The van der Waals surface area contributed by atoms with Crippen LogP contribution in [-0.2, 0) is 0 Å². The van der Waals surface area contributed by atoms with Crippen molar-refractivity contribution in [3.8, 4) is 16.8 Å². The number of nitrogens with zero attached hydrogens (tertiary/aromatic N) is 1. The molecule has 0 spiro atoms. The molecular weight excluding hydrogens is 403 g/mol. The van der Waals surface area contributed by atoms with Crippen molar-refractivity contribution in [2.24, 2.45) is 0 Å². The maximum Gasteiger partial charge on any atom is 0.255 e. The lowest BCUT2D eigenvalue weighted by Gasteiger charge is -2.16. The molecule has 0 aliphatic rings. The van der Waals surface area contributed by atoms with Crippen LogP contribution < -0.4 is 11.3 Å². The van der Waals surface area contributed by atoms with E-state index in [-0.39, 0.29) is 5.56 Å². The molecule has 0 radical (unpaired) electrons. The summed E-state index contributed by atoms with van der Waals surface area (Å²) in [5.41, 5.74) is 9.08. The van der Waals surface area contributed by atoms with Gasteiger partial charge in [0.05, 0.1) is 21.2 Å². The summed E-state index contributed by atoms with van der Waals surface area (Å²) in [4.78, 5) is 12.7. The Morgan fingerprint density at radius 2 is 1.41 bits per heavy atom. The lowest BCUT2D eigenvalue weighted by molar-refractivity contribution is 1.04.